The van der Waals surface area contributed by atoms with Gasteiger partial charge in [-0.05, 0) is 63.9 Å². The van der Waals surface area contributed by atoms with Crippen LogP contribution in [0.2, 0.25) is 0 Å². The number of benzene rings is 1. The van der Waals surface area contributed by atoms with Crippen LogP contribution in [0, 0.1) is 5.82 Å². The van der Waals surface area contributed by atoms with Crippen LogP contribution in [0.25, 0.3) is 22.6 Å². The summed E-state index contributed by atoms with van der Waals surface area (Å²) < 4.78 is 44.9. The predicted molar refractivity (Wildman–Crippen MR) is 126 cm³/mol. The molecule has 1 amide bonds. The minimum absolute atomic E-state index is 0.123. The SMILES string of the molecule is CC(C)(C)OC(=O)N1CCC(n2nnc(-c3ccc(F)cc3)c2-c2ccnc(S(C)(=O)=O)n2)CC1. The molecule has 4 rings (SSSR count). The van der Waals surface area contributed by atoms with Gasteiger partial charge in [-0.2, -0.15) is 0 Å². The molecule has 0 aliphatic carbocycles. The Morgan fingerprint density at radius 1 is 1.11 bits per heavy atom. The number of amides is 1. The number of aromatic nitrogens is 5. The van der Waals surface area contributed by atoms with Crippen LogP contribution < -0.4 is 0 Å². The summed E-state index contributed by atoms with van der Waals surface area (Å²) >= 11 is 0. The number of carbonyl (C=O) groups is 1. The van der Waals surface area contributed by atoms with Crippen LogP contribution in [-0.4, -0.2) is 69.3 Å². The van der Waals surface area contributed by atoms with Gasteiger partial charge in [0, 0.05) is 31.1 Å². The van der Waals surface area contributed by atoms with Crippen LogP contribution in [0.4, 0.5) is 9.18 Å². The number of ether oxygens (including phenoxy) is 1. The van der Waals surface area contributed by atoms with Crippen molar-refractivity contribution in [3.8, 4) is 22.6 Å². The normalized spacial score (nSPS) is 15.3. The number of sulfone groups is 1. The summed E-state index contributed by atoms with van der Waals surface area (Å²) in [4.78, 5) is 22.3. The molecule has 0 atom stereocenters. The Kier molecular flexibility index (Phi) is 6.58. The number of hydrogen-bond donors (Lipinski definition) is 0. The fraction of sp³-hybridized carbons (Fsp3) is 0.435. The Hall–Kier alpha value is -3.41. The highest BCUT2D eigenvalue weighted by molar-refractivity contribution is 7.90. The Morgan fingerprint density at radius 2 is 1.77 bits per heavy atom. The summed E-state index contributed by atoms with van der Waals surface area (Å²) in [5.74, 6) is -0.390. The number of hydrogen-bond acceptors (Lipinski definition) is 8. The number of nitrogens with zero attached hydrogens (tertiary/aromatic N) is 6. The highest BCUT2D eigenvalue weighted by Gasteiger charge is 2.31. The molecule has 0 bridgehead atoms. The van der Waals surface area contributed by atoms with Gasteiger partial charge in [-0.25, -0.2) is 32.3 Å². The third-order valence-corrected chi connectivity index (χ3v) is 6.34. The zero-order valence-corrected chi connectivity index (χ0v) is 20.8. The molecule has 10 nitrogen and oxygen atoms in total. The number of piperidine rings is 1. The van der Waals surface area contributed by atoms with Gasteiger partial charge in [0.05, 0.1) is 11.7 Å². The predicted octanol–water partition coefficient (Wildman–Crippen LogP) is 3.52. The first-order valence-corrected chi connectivity index (χ1v) is 13.0. The lowest BCUT2D eigenvalue weighted by atomic mass is 10.0. The molecule has 186 valence electrons. The second-order valence-corrected chi connectivity index (χ2v) is 11.3. The average molecular weight is 503 g/mol. The van der Waals surface area contributed by atoms with E-state index in [2.05, 4.69) is 20.3 Å². The van der Waals surface area contributed by atoms with E-state index in [1.807, 2.05) is 20.8 Å². The van der Waals surface area contributed by atoms with E-state index in [4.69, 9.17) is 4.74 Å². The monoisotopic (exact) mass is 502 g/mol. The topological polar surface area (TPSA) is 120 Å². The standard InChI is InChI=1S/C23H27FN6O4S/c1-23(2,3)34-22(31)29-13-10-17(11-14-29)30-20(18-9-12-25-21(26-18)35(4,32)33)19(27-28-30)15-5-7-16(24)8-6-15/h5-9,12,17H,10-11,13-14H2,1-4H3. The molecule has 0 N–H and O–H groups in total. The number of halogens is 1. The minimum atomic E-state index is -3.65. The number of likely N-dealkylation sites (tertiary alicyclic amines) is 1. The molecule has 1 aliphatic rings. The van der Waals surface area contributed by atoms with Gasteiger partial charge in [0.1, 0.15) is 22.8 Å². The summed E-state index contributed by atoms with van der Waals surface area (Å²) in [6.07, 6.45) is 3.21. The lowest BCUT2D eigenvalue weighted by Crippen LogP contribution is -2.42. The lowest BCUT2D eigenvalue weighted by Gasteiger charge is -2.33. The minimum Gasteiger partial charge on any atom is -0.444 e. The maximum atomic E-state index is 13.5. The molecular weight excluding hydrogens is 475 g/mol. The van der Waals surface area contributed by atoms with Crippen molar-refractivity contribution < 1.29 is 22.3 Å². The second kappa shape index (κ2) is 9.33. The van der Waals surface area contributed by atoms with Gasteiger partial charge in [-0.1, -0.05) is 5.21 Å². The Labute approximate surface area is 203 Å². The van der Waals surface area contributed by atoms with Crippen LogP contribution in [0.3, 0.4) is 0 Å². The van der Waals surface area contributed by atoms with Crippen molar-refractivity contribution in [3.63, 3.8) is 0 Å². The van der Waals surface area contributed by atoms with Crippen LogP contribution in [0.15, 0.2) is 41.7 Å². The van der Waals surface area contributed by atoms with Gasteiger partial charge in [0.15, 0.2) is 0 Å². The van der Waals surface area contributed by atoms with E-state index >= 15 is 0 Å². The van der Waals surface area contributed by atoms with Gasteiger partial charge in [0.25, 0.3) is 0 Å². The number of rotatable bonds is 4. The smallest absolute Gasteiger partial charge is 0.410 e. The highest BCUT2D eigenvalue weighted by Crippen LogP contribution is 2.34. The van der Waals surface area contributed by atoms with Crippen LogP contribution in [0.5, 0.6) is 0 Å². The molecule has 1 fully saturated rings. The van der Waals surface area contributed by atoms with Crippen molar-refractivity contribution in [2.45, 2.75) is 50.4 Å². The van der Waals surface area contributed by atoms with E-state index in [9.17, 15) is 17.6 Å². The third kappa shape index (κ3) is 5.64. The molecule has 0 saturated carbocycles. The van der Waals surface area contributed by atoms with Gasteiger partial charge >= 0.3 is 6.09 Å². The van der Waals surface area contributed by atoms with Crippen molar-refractivity contribution in [3.05, 3.63) is 42.3 Å². The van der Waals surface area contributed by atoms with Crippen LogP contribution >= 0.6 is 0 Å². The molecule has 1 aromatic carbocycles. The molecule has 1 aliphatic heterocycles. The summed E-state index contributed by atoms with van der Waals surface area (Å²) in [6, 6.07) is 7.27. The molecule has 3 heterocycles. The molecule has 2 aromatic heterocycles. The quantitative estimate of drug-likeness (QED) is 0.497. The van der Waals surface area contributed by atoms with Gasteiger partial charge in [-0.3, -0.25) is 0 Å². The molecule has 0 unspecified atom stereocenters. The maximum Gasteiger partial charge on any atom is 0.410 e. The number of carbonyl (C=O) groups excluding carboxylic acids is 1. The van der Waals surface area contributed by atoms with Gasteiger partial charge in [-0.15, -0.1) is 5.10 Å². The molecule has 35 heavy (non-hydrogen) atoms. The first kappa shape index (κ1) is 24.7. The van der Waals surface area contributed by atoms with Crippen LogP contribution in [-0.2, 0) is 14.6 Å². The fourth-order valence-electron chi connectivity index (χ4n) is 3.86. The van der Waals surface area contributed by atoms with Crippen molar-refractivity contribution in [2.24, 2.45) is 0 Å². The van der Waals surface area contributed by atoms with Crippen LogP contribution in [0.1, 0.15) is 39.7 Å². The fourth-order valence-corrected chi connectivity index (χ4v) is 4.38. The first-order valence-electron chi connectivity index (χ1n) is 11.1. The van der Waals surface area contributed by atoms with E-state index in [-0.39, 0.29) is 17.3 Å². The maximum absolute atomic E-state index is 13.5. The summed E-state index contributed by atoms with van der Waals surface area (Å²) in [5, 5.41) is 8.39. The van der Waals surface area contributed by atoms with Crippen molar-refractivity contribution in [1.29, 1.82) is 0 Å². The van der Waals surface area contributed by atoms with E-state index in [1.54, 1.807) is 27.8 Å². The van der Waals surface area contributed by atoms with E-state index < -0.39 is 21.3 Å². The largest absolute Gasteiger partial charge is 0.444 e. The van der Waals surface area contributed by atoms with Crippen molar-refractivity contribution in [2.75, 3.05) is 19.3 Å². The van der Waals surface area contributed by atoms with E-state index in [0.717, 1.165) is 6.26 Å². The zero-order valence-electron chi connectivity index (χ0n) is 20.0. The molecule has 12 heteroatoms. The Balaban J connectivity index is 1.70. The zero-order chi connectivity index (χ0) is 25.4. The van der Waals surface area contributed by atoms with Crippen molar-refractivity contribution >= 4 is 15.9 Å². The molecule has 1 saturated heterocycles. The van der Waals surface area contributed by atoms with Crippen molar-refractivity contribution in [1.82, 2.24) is 29.9 Å². The lowest BCUT2D eigenvalue weighted by molar-refractivity contribution is 0.0185. The average Bonchev–Trinajstić information content (AvgIpc) is 3.23. The Morgan fingerprint density at radius 3 is 2.37 bits per heavy atom. The Bertz CT molecular complexity index is 1330. The molecule has 3 aromatic rings. The summed E-state index contributed by atoms with van der Waals surface area (Å²) in [5.41, 5.74) is 1.30. The molecule has 0 radical (unpaired) electrons. The summed E-state index contributed by atoms with van der Waals surface area (Å²) in [6.45, 7) is 6.39. The molecular formula is C23H27FN6O4S. The van der Waals surface area contributed by atoms with Gasteiger partial charge in [0.2, 0.25) is 15.0 Å². The summed E-state index contributed by atoms with van der Waals surface area (Å²) in [7, 11) is -3.65. The third-order valence-electron chi connectivity index (χ3n) is 5.48. The van der Waals surface area contributed by atoms with E-state index in [0.29, 0.717) is 48.6 Å². The first-order chi connectivity index (χ1) is 16.4. The van der Waals surface area contributed by atoms with Gasteiger partial charge < -0.3 is 9.64 Å². The molecule has 0 spiro atoms. The van der Waals surface area contributed by atoms with E-state index in [1.165, 1.54) is 18.3 Å². The second-order valence-electron chi connectivity index (χ2n) is 9.43. The highest BCUT2D eigenvalue weighted by atomic mass is 32.2.